The van der Waals surface area contributed by atoms with E-state index >= 15 is 0 Å². The summed E-state index contributed by atoms with van der Waals surface area (Å²) in [7, 11) is 0. The predicted molar refractivity (Wildman–Crippen MR) is 90.5 cm³/mol. The Balaban J connectivity index is 2.68. The molecule has 1 aromatic heterocycles. The molecule has 0 saturated carbocycles. The molecule has 0 spiro atoms. The number of carboxylic acids is 1. The van der Waals surface area contributed by atoms with Crippen LogP contribution in [0.1, 0.15) is 20.8 Å². The first-order valence-corrected chi connectivity index (χ1v) is 8.31. The normalized spacial score (nSPS) is 18.6. The molecule has 1 aromatic rings. The molecule has 0 amide bonds. The van der Waals surface area contributed by atoms with Gasteiger partial charge < -0.3 is 15.6 Å². The predicted octanol–water partition coefficient (Wildman–Crippen LogP) is -0.000800. The van der Waals surface area contributed by atoms with Crippen molar-refractivity contribution in [2.75, 3.05) is 32.0 Å². The van der Waals surface area contributed by atoms with Crippen molar-refractivity contribution < 1.29 is 33.7 Å². The summed E-state index contributed by atoms with van der Waals surface area (Å²) >= 11 is 0. The molecule has 1 aliphatic rings. The van der Waals surface area contributed by atoms with Gasteiger partial charge in [-0.1, -0.05) is 19.0 Å². The van der Waals surface area contributed by atoms with Gasteiger partial charge in [0.15, 0.2) is 0 Å². The van der Waals surface area contributed by atoms with Gasteiger partial charge in [-0.15, -0.1) is 0 Å². The molecule has 0 aromatic carbocycles. The Kier molecular flexibility index (Phi) is 6.37. The van der Waals surface area contributed by atoms with E-state index in [2.05, 4.69) is 25.3 Å². The Bertz CT molecular complexity index is 830. The maximum absolute atomic E-state index is 12.4. The molecule has 0 fully saturated rings. The third-order valence-corrected chi connectivity index (χ3v) is 3.82. The Morgan fingerprint density at radius 2 is 1.89 bits per heavy atom. The van der Waals surface area contributed by atoms with Crippen molar-refractivity contribution >= 4 is 29.5 Å². The van der Waals surface area contributed by atoms with Gasteiger partial charge >= 0.3 is 23.7 Å². The van der Waals surface area contributed by atoms with Gasteiger partial charge in [0.05, 0.1) is 23.1 Å². The molecule has 0 saturated heterocycles. The molecule has 0 aliphatic carbocycles. The maximum atomic E-state index is 12.4. The monoisotopic (exact) mass is 398 g/mol. The van der Waals surface area contributed by atoms with Crippen molar-refractivity contribution in [1.29, 1.82) is 0 Å². The van der Waals surface area contributed by atoms with E-state index in [1.807, 2.05) is 18.7 Å². The summed E-state index contributed by atoms with van der Waals surface area (Å²) in [6.45, 7) is 6.49. The fourth-order valence-corrected chi connectivity index (χ4v) is 2.40. The average molecular weight is 398 g/mol. The van der Waals surface area contributed by atoms with E-state index in [1.54, 1.807) is 6.92 Å². The smallest absolute Gasteiger partial charge is 0.473 e. The first kappa shape index (κ1) is 20.9. The van der Waals surface area contributed by atoms with Crippen LogP contribution in [-0.4, -0.2) is 64.5 Å². The molecule has 14 nitrogen and oxygen atoms in total. The fourth-order valence-electron chi connectivity index (χ4n) is 2.40. The lowest BCUT2D eigenvalue weighted by molar-refractivity contribution is -0.189. The topological polar surface area (TPSA) is 183 Å². The van der Waals surface area contributed by atoms with Crippen LogP contribution >= 0.6 is 0 Å². The van der Waals surface area contributed by atoms with Crippen molar-refractivity contribution in [3.05, 3.63) is 11.4 Å². The van der Waals surface area contributed by atoms with E-state index in [9.17, 15) is 14.4 Å². The summed E-state index contributed by atoms with van der Waals surface area (Å²) in [6.07, 6.45) is 0. The number of carboxylic acid groups (broad SMARTS) is 1. The molecular formula is C14H20N7O7+. The number of esters is 1. The SMILES string of the molecule is CCOC(=O)C1=C(CN(CC)CC)[N+](OC(=O)C(=O)O)(c2nonc2N)N=N1. The van der Waals surface area contributed by atoms with E-state index in [1.165, 1.54) is 0 Å². The number of likely N-dealkylation sites (N-methyl/N-ethyl adjacent to an activating group) is 1. The van der Waals surface area contributed by atoms with Crippen LogP contribution in [0.4, 0.5) is 11.6 Å². The van der Waals surface area contributed by atoms with Gasteiger partial charge in [-0.2, -0.15) is 0 Å². The molecule has 2 heterocycles. The Morgan fingerprint density at radius 3 is 2.39 bits per heavy atom. The number of nitrogen functional groups attached to an aromatic ring is 1. The van der Waals surface area contributed by atoms with Crippen molar-refractivity contribution in [3.63, 3.8) is 0 Å². The first-order valence-electron chi connectivity index (χ1n) is 8.31. The highest BCUT2D eigenvalue weighted by Crippen LogP contribution is 2.39. The minimum absolute atomic E-state index is 0.00729. The van der Waals surface area contributed by atoms with Crippen LogP contribution < -0.4 is 10.5 Å². The van der Waals surface area contributed by atoms with Crippen molar-refractivity contribution in [2.45, 2.75) is 20.8 Å². The third-order valence-electron chi connectivity index (χ3n) is 3.82. The molecule has 0 radical (unpaired) electrons. The molecule has 152 valence electrons. The van der Waals surface area contributed by atoms with Crippen molar-refractivity contribution in [1.82, 2.24) is 20.0 Å². The number of ether oxygens (including phenoxy) is 1. The molecule has 14 heteroatoms. The lowest BCUT2D eigenvalue weighted by atomic mass is 10.2. The van der Waals surface area contributed by atoms with Crippen molar-refractivity contribution in [2.24, 2.45) is 10.3 Å². The molecular weight excluding hydrogens is 378 g/mol. The first-order chi connectivity index (χ1) is 13.3. The summed E-state index contributed by atoms with van der Waals surface area (Å²) in [4.78, 5) is 42.2. The number of hydroxylamine groups is 1. The molecule has 1 unspecified atom stereocenters. The minimum atomic E-state index is -1.89. The Hall–Kier alpha value is -3.39. The molecule has 3 N–H and O–H groups in total. The summed E-state index contributed by atoms with van der Waals surface area (Å²) in [5, 5.41) is 23.5. The third kappa shape index (κ3) is 3.81. The highest BCUT2D eigenvalue weighted by molar-refractivity contribution is 6.28. The zero-order valence-electron chi connectivity index (χ0n) is 15.5. The zero-order chi connectivity index (χ0) is 20.9. The standard InChI is InChI=1S/C14H19N7O7/c1-4-20(5-2)7-8-9(13(24)26-6-3)16-19-21(8,27-14(25)12(22)23)11-10(15)17-28-18-11/h4-7H2,1-3H3,(H2-,15,17,22,23)/p+1. The second-order valence-corrected chi connectivity index (χ2v) is 5.40. The average Bonchev–Trinajstić information content (AvgIpc) is 3.24. The summed E-state index contributed by atoms with van der Waals surface area (Å²) in [5.41, 5.74) is 5.42. The van der Waals surface area contributed by atoms with E-state index in [-0.39, 0.29) is 36.2 Å². The van der Waals surface area contributed by atoms with Gasteiger partial charge in [-0.25, -0.2) is 23.9 Å². The Labute approximate surface area is 158 Å². The lowest BCUT2D eigenvalue weighted by Gasteiger charge is -2.25. The summed E-state index contributed by atoms with van der Waals surface area (Å²) in [6, 6.07) is 0. The van der Waals surface area contributed by atoms with E-state index in [0.29, 0.717) is 13.1 Å². The van der Waals surface area contributed by atoms with E-state index in [0.717, 1.165) is 0 Å². The highest BCUT2D eigenvalue weighted by Gasteiger charge is 2.56. The lowest BCUT2D eigenvalue weighted by Crippen LogP contribution is -2.49. The summed E-state index contributed by atoms with van der Waals surface area (Å²) < 4.78 is 8.16. The van der Waals surface area contributed by atoms with Gasteiger partial charge in [0, 0.05) is 5.16 Å². The van der Waals surface area contributed by atoms with Gasteiger partial charge in [0.25, 0.3) is 5.82 Å². The number of aromatic nitrogens is 2. The largest absolute Gasteiger partial charge is 0.478 e. The summed E-state index contributed by atoms with van der Waals surface area (Å²) in [5.74, 6) is -5.10. The number of anilines is 1. The van der Waals surface area contributed by atoms with Crippen LogP contribution in [0, 0.1) is 0 Å². The quantitative estimate of drug-likeness (QED) is 0.341. The molecule has 0 bridgehead atoms. The number of aliphatic carboxylic acids is 1. The van der Waals surface area contributed by atoms with Crippen LogP contribution in [-0.2, 0) is 24.0 Å². The number of nitrogens with zero attached hydrogens (tertiary/aromatic N) is 6. The van der Waals surface area contributed by atoms with Crippen LogP contribution in [0.5, 0.6) is 0 Å². The molecule has 28 heavy (non-hydrogen) atoms. The zero-order valence-corrected chi connectivity index (χ0v) is 15.5. The van der Waals surface area contributed by atoms with Crippen LogP contribution in [0.3, 0.4) is 0 Å². The fraction of sp³-hybridized carbons (Fsp3) is 0.500. The van der Waals surface area contributed by atoms with Gasteiger partial charge in [-0.3, -0.25) is 4.90 Å². The van der Waals surface area contributed by atoms with E-state index < -0.39 is 22.7 Å². The second kappa shape index (κ2) is 8.53. The Morgan fingerprint density at radius 1 is 1.21 bits per heavy atom. The molecule has 1 atom stereocenters. The van der Waals surface area contributed by atoms with Crippen LogP contribution in [0.2, 0.25) is 0 Å². The van der Waals surface area contributed by atoms with Gasteiger partial charge in [0.2, 0.25) is 11.4 Å². The second-order valence-electron chi connectivity index (χ2n) is 5.40. The van der Waals surface area contributed by atoms with Crippen LogP contribution in [0.15, 0.2) is 26.4 Å². The number of nitrogens with two attached hydrogens (primary N) is 1. The van der Waals surface area contributed by atoms with E-state index in [4.69, 9.17) is 20.4 Å². The number of hydrogen-bond acceptors (Lipinski definition) is 12. The molecule has 1 aliphatic heterocycles. The number of rotatable bonds is 8. The minimum Gasteiger partial charge on any atom is -0.473 e. The van der Waals surface area contributed by atoms with Crippen LogP contribution in [0.25, 0.3) is 0 Å². The number of quaternary nitrogens is 1. The number of hydrogen-bond donors (Lipinski definition) is 2. The van der Waals surface area contributed by atoms with Crippen molar-refractivity contribution in [3.8, 4) is 0 Å². The van der Waals surface area contributed by atoms with Gasteiger partial charge in [-0.05, 0) is 25.2 Å². The molecule has 2 rings (SSSR count). The maximum Gasteiger partial charge on any atom is 0.478 e. The number of carbonyl (C=O) groups is 3. The number of carbonyl (C=O) groups excluding carboxylic acids is 2. The van der Waals surface area contributed by atoms with Gasteiger partial charge in [0.1, 0.15) is 0 Å². The highest BCUT2D eigenvalue weighted by atomic mass is 16.8.